The minimum atomic E-state index is -0.0443. The van der Waals surface area contributed by atoms with Gasteiger partial charge in [-0.2, -0.15) is 0 Å². The monoisotopic (exact) mass is 277 g/mol. The molecule has 2 aromatic rings. The predicted molar refractivity (Wildman–Crippen MR) is 77.6 cm³/mol. The molecule has 18 heavy (non-hydrogen) atoms. The maximum Gasteiger partial charge on any atom is 0.133 e. The number of para-hydroxylation sites is 1. The van der Waals surface area contributed by atoms with Gasteiger partial charge in [0.25, 0.3) is 0 Å². The Hall–Kier alpha value is -0.970. The van der Waals surface area contributed by atoms with Crippen LogP contribution in [0.4, 0.5) is 0 Å². The molecular weight excluding hydrogens is 262 g/mol. The number of benzene rings is 1. The van der Waals surface area contributed by atoms with Crippen molar-refractivity contribution in [2.24, 2.45) is 5.73 Å². The summed E-state index contributed by atoms with van der Waals surface area (Å²) in [4.78, 5) is 2.50. The molecule has 0 bridgehead atoms. The summed E-state index contributed by atoms with van der Waals surface area (Å²) in [6.45, 7) is 2.11. The molecule has 3 rings (SSSR count). The summed E-state index contributed by atoms with van der Waals surface area (Å²) in [5, 5.41) is 2.09. The molecular formula is C14H15NOS2. The fourth-order valence-corrected chi connectivity index (χ4v) is 3.97. The van der Waals surface area contributed by atoms with E-state index in [0.717, 1.165) is 11.5 Å². The second kappa shape index (κ2) is 4.96. The maximum atomic E-state index is 6.34. The molecule has 0 amide bonds. The second-order valence-electron chi connectivity index (χ2n) is 4.37. The summed E-state index contributed by atoms with van der Waals surface area (Å²) in [6.07, 6.45) is 0.0539. The zero-order valence-corrected chi connectivity index (χ0v) is 11.8. The first-order valence-electron chi connectivity index (χ1n) is 5.94. The Kier molecular flexibility index (Phi) is 3.33. The number of hydrogen-bond acceptors (Lipinski definition) is 4. The minimum Gasteiger partial charge on any atom is -0.486 e. The van der Waals surface area contributed by atoms with E-state index in [1.807, 2.05) is 30.0 Å². The summed E-state index contributed by atoms with van der Waals surface area (Å²) >= 11 is 3.57. The summed E-state index contributed by atoms with van der Waals surface area (Å²) in [5.74, 6) is 1.87. The Morgan fingerprint density at radius 1 is 1.33 bits per heavy atom. The highest BCUT2D eigenvalue weighted by Crippen LogP contribution is 2.38. The van der Waals surface area contributed by atoms with Crippen molar-refractivity contribution in [1.29, 1.82) is 0 Å². The third kappa shape index (κ3) is 2.16. The van der Waals surface area contributed by atoms with Crippen molar-refractivity contribution in [3.8, 4) is 5.75 Å². The molecule has 2 N–H and O–H groups in total. The van der Waals surface area contributed by atoms with Gasteiger partial charge in [-0.1, -0.05) is 12.1 Å². The molecule has 2 nitrogen and oxygen atoms in total. The summed E-state index contributed by atoms with van der Waals surface area (Å²) in [7, 11) is 0. The topological polar surface area (TPSA) is 35.2 Å². The first-order valence-corrected chi connectivity index (χ1v) is 7.80. The number of fused-ring (bicyclic) bond motifs is 1. The van der Waals surface area contributed by atoms with Crippen LogP contribution in [-0.2, 0) is 0 Å². The van der Waals surface area contributed by atoms with Gasteiger partial charge in [-0.05, 0) is 36.1 Å². The summed E-state index contributed by atoms with van der Waals surface area (Å²) in [5.41, 5.74) is 7.55. The van der Waals surface area contributed by atoms with Gasteiger partial charge in [-0.15, -0.1) is 23.1 Å². The van der Waals surface area contributed by atoms with Gasteiger partial charge >= 0.3 is 0 Å². The molecule has 1 aromatic carbocycles. The highest BCUT2D eigenvalue weighted by atomic mass is 32.2. The van der Waals surface area contributed by atoms with Crippen molar-refractivity contribution in [2.75, 3.05) is 5.75 Å². The summed E-state index contributed by atoms with van der Waals surface area (Å²) in [6, 6.07) is 10.2. The van der Waals surface area contributed by atoms with Crippen molar-refractivity contribution in [3.05, 3.63) is 46.2 Å². The van der Waals surface area contributed by atoms with Crippen molar-refractivity contribution < 1.29 is 4.74 Å². The molecule has 0 saturated carbocycles. The zero-order chi connectivity index (χ0) is 12.5. The average Bonchev–Trinajstić information content (AvgIpc) is 2.83. The average molecular weight is 277 g/mol. The van der Waals surface area contributed by atoms with Crippen LogP contribution in [0, 0.1) is 6.92 Å². The van der Waals surface area contributed by atoms with E-state index in [1.54, 1.807) is 11.3 Å². The Balaban J connectivity index is 1.82. The fourth-order valence-electron chi connectivity index (χ4n) is 2.15. The lowest BCUT2D eigenvalue weighted by Crippen LogP contribution is -2.35. The smallest absolute Gasteiger partial charge is 0.133 e. The van der Waals surface area contributed by atoms with Gasteiger partial charge in [0, 0.05) is 15.5 Å². The Bertz CT molecular complexity index is 552. The van der Waals surface area contributed by atoms with Gasteiger partial charge in [0.15, 0.2) is 0 Å². The van der Waals surface area contributed by atoms with Crippen LogP contribution in [0.3, 0.4) is 0 Å². The third-order valence-electron chi connectivity index (χ3n) is 3.19. The normalized spacial score (nSPS) is 20.0. The number of aryl methyl sites for hydroxylation is 1. The lowest BCUT2D eigenvalue weighted by atomic mass is 10.0. The molecule has 94 valence electrons. The summed E-state index contributed by atoms with van der Waals surface area (Å²) < 4.78 is 6.03. The standard InChI is InChI=1S/C14H15NOS2/c1-9-10(6-7-17-9)14(15)12-8-18-13-5-3-2-4-11(13)16-12/h2-7,12,14H,8,15H2,1H3. The quantitative estimate of drug-likeness (QED) is 0.910. The van der Waals surface area contributed by atoms with Gasteiger partial charge in [0.1, 0.15) is 11.9 Å². The lowest BCUT2D eigenvalue weighted by Gasteiger charge is -2.29. The van der Waals surface area contributed by atoms with Gasteiger partial charge in [0.2, 0.25) is 0 Å². The molecule has 0 aliphatic carbocycles. The number of thioether (sulfide) groups is 1. The predicted octanol–water partition coefficient (Wildman–Crippen LogP) is 3.61. The molecule has 2 unspecified atom stereocenters. The molecule has 2 heterocycles. The van der Waals surface area contributed by atoms with E-state index < -0.39 is 0 Å². The van der Waals surface area contributed by atoms with E-state index in [2.05, 4.69) is 24.4 Å². The maximum absolute atomic E-state index is 6.34. The number of nitrogens with two attached hydrogens (primary N) is 1. The van der Waals surface area contributed by atoms with Crippen LogP contribution in [0.25, 0.3) is 0 Å². The third-order valence-corrected chi connectivity index (χ3v) is 5.19. The number of ether oxygens (including phenoxy) is 1. The van der Waals surface area contributed by atoms with E-state index >= 15 is 0 Å². The largest absolute Gasteiger partial charge is 0.486 e. The van der Waals surface area contributed by atoms with Gasteiger partial charge in [-0.3, -0.25) is 0 Å². The van der Waals surface area contributed by atoms with Gasteiger partial charge in [0.05, 0.1) is 6.04 Å². The molecule has 2 atom stereocenters. The van der Waals surface area contributed by atoms with Gasteiger partial charge in [-0.25, -0.2) is 0 Å². The molecule has 4 heteroatoms. The molecule has 1 aliphatic heterocycles. The fraction of sp³-hybridized carbons (Fsp3) is 0.286. The number of thiophene rings is 1. The Labute approximate surface area is 115 Å². The lowest BCUT2D eigenvalue weighted by molar-refractivity contribution is 0.185. The van der Waals surface area contributed by atoms with Crippen molar-refractivity contribution in [3.63, 3.8) is 0 Å². The van der Waals surface area contributed by atoms with E-state index in [0.29, 0.717) is 0 Å². The van der Waals surface area contributed by atoms with Crippen LogP contribution in [0.2, 0.25) is 0 Å². The molecule has 0 spiro atoms. The van der Waals surface area contributed by atoms with Crippen molar-refractivity contribution in [2.45, 2.75) is 24.0 Å². The van der Waals surface area contributed by atoms with Crippen LogP contribution in [0.5, 0.6) is 5.75 Å². The Morgan fingerprint density at radius 3 is 2.94 bits per heavy atom. The van der Waals surface area contributed by atoms with Gasteiger partial charge < -0.3 is 10.5 Å². The van der Waals surface area contributed by atoms with Crippen LogP contribution < -0.4 is 10.5 Å². The number of hydrogen-bond donors (Lipinski definition) is 1. The highest BCUT2D eigenvalue weighted by Gasteiger charge is 2.27. The first kappa shape index (κ1) is 12.1. The van der Waals surface area contributed by atoms with Crippen molar-refractivity contribution >= 4 is 23.1 Å². The van der Waals surface area contributed by atoms with Crippen LogP contribution >= 0.6 is 23.1 Å². The Morgan fingerprint density at radius 2 is 2.17 bits per heavy atom. The van der Waals surface area contributed by atoms with Crippen LogP contribution in [0.15, 0.2) is 40.6 Å². The highest BCUT2D eigenvalue weighted by molar-refractivity contribution is 7.99. The van der Waals surface area contributed by atoms with E-state index in [-0.39, 0.29) is 12.1 Å². The molecule has 0 saturated heterocycles. The van der Waals surface area contributed by atoms with Crippen LogP contribution in [-0.4, -0.2) is 11.9 Å². The minimum absolute atomic E-state index is 0.0443. The van der Waals surface area contributed by atoms with Crippen LogP contribution in [0.1, 0.15) is 16.5 Å². The second-order valence-corrected chi connectivity index (χ2v) is 6.55. The van der Waals surface area contributed by atoms with E-state index in [1.165, 1.54) is 15.3 Å². The van der Waals surface area contributed by atoms with E-state index in [4.69, 9.17) is 10.5 Å². The molecule has 1 aromatic heterocycles. The zero-order valence-electron chi connectivity index (χ0n) is 10.1. The van der Waals surface area contributed by atoms with Crippen molar-refractivity contribution in [1.82, 2.24) is 0 Å². The number of rotatable bonds is 2. The first-order chi connectivity index (χ1) is 8.75. The molecule has 0 radical (unpaired) electrons. The molecule has 0 fully saturated rings. The molecule has 1 aliphatic rings. The SMILES string of the molecule is Cc1sccc1C(N)C1CSc2ccccc2O1. The van der Waals surface area contributed by atoms with E-state index in [9.17, 15) is 0 Å².